The normalized spacial score (nSPS) is 14.8. The maximum Gasteiger partial charge on any atom is 0.0287 e. The van der Waals surface area contributed by atoms with Crippen LogP contribution in [0.25, 0.3) is 22.3 Å². The van der Waals surface area contributed by atoms with Crippen LogP contribution in [0.3, 0.4) is 0 Å². The van der Waals surface area contributed by atoms with Crippen molar-refractivity contribution in [1.29, 1.82) is 0 Å². The van der Waals surface area contributed by atoms with Crippen molar-refractivity contribution in [2.45, 2.75) is 11.8 Å². The minimum absolute atomic E-state index is 0.381. The van der Waals surface area contributed by atoms with Gasteiger partial charge in [0, 0.05) is 22.1 Å². The lowest BCUT2D eigenvalue weighted by atomic mass is 9.73. The van der Waals surface area contributed by atoms with Gasteiger partial charge in [-0.3, -0.25) is 0 Å². The van der Waals surface area contributed by atoms with Gasteiger partial charge in [-0.2, -0.15) is 0 Å². The number of rotatable bonds is 3. The number of allylic oxidation sites excluding steroid dienone is 1. The van der Waals surface area contributed by atoms with E-state index < -0.39 is 0 Å². The monoisotopic (exact) mass is 400 g/mol. The number of fused-ring (bicyclic) bond motifs is 6. The first-order chi connectivity index (χ1) is 14.9. The molecule has 0 bridgehead atoms. The Balaban J connectivity index is 1.60. The molecule has 0 saturated heterocycles. The Morgan fingerprint density at radius 1 is 0.500 bits per heavy atom. The fourth-order valence-electron chi connectivity index (χ4n) is 5.86. The fraction of sp³-hybridized carbons (Fsp3) is 0.103. The number of benzene rings is 4. The van der Waals surface area contributed by atoms with Gasteiger partial charge in [-0.05, 0) is 50.4 Å². The van der Waals surface area contributed by atoms with E-state index in [0.717, 1.165) is 10.2 Å². The maximum atomic E-state index is 2.51. The molecule has 4 aromatic rings. The van der Waals surface area contributed by atoms with Crippen LogP contribution in [0.2, 0.25) is 0 Å². The second-order valence-electron chi connectivity index (χ2n) is 8.41. The van der Waals surface area contributed by atoms with Crippen molar-refractivity contribution in [2.75, 3.05) is 0 Å². The van der Waals surface area contributed by atoms with Crippen LogP contribution in [0.5, 0.6) is 0 Å². The summed E-state index contributed by atoms with van der Waals surface area (Å²) in [6.45, 7) is 0. The molecule has 30 heavy (non-hydrogen) atoms. The molecule has 144 valence electrons. The summed E-state index contributed by atoms with van der Waals surface area (Å²) in [4.78, 5) is 0. The summed E-state index contributed by atoms with van der Waals surface area (Å²) in [7, 11) is 1.07. The highest BCUT2D eigenvalue weighted by molar-refractivity contribution is 6.17. The molecule has 0 aliphatic heterocycles. The molecule has 0 unspecified atom stereocenters. The molecular weight excluding hydrogens is 376 g/mol. The van der Waals surface area contributed by atoms with Crippen LogP contribution < -0.4 is 0 Å². The maximum absolute atomic E-state index is 2.51. The van der Waals surface area contributed by atoms with Crippen LogP contribution in [-0.4, -0.2) is 10.2 Å². The van der Waals surface area contributed by atoms with E-state index in [4.69, 9.17) is 0 Å². The zero-order chi connectivity index (χ0) is 20.1. The first-order valence-corrected chi connectivity index (χ1v) is 12.0. The van der Waals surface area contributed by atoms with Crippen LogP contribution in [0, 0.1) is 5.92 Å². The third-order valence-corrected chi connectivity index (χ3v) is 7.33. The quantitative estimate of drug-likeness (QED) is 0.364. The van der Waals surface area contributed by atoms with Crippen LogP contribution in [0.4, 0.5) is 0 Å². The van der Waals surface area contributed by atoms with Crippen molar-refractivity contribution in [3.05, 3.63) is 131 Å². The van der Waals surface area contributed by atoms with Gasteiger partial charge in [0.05, 0.1) is 0 Å². The Kier molecular flexibility index (Phi) is 4.10. The molecule has 0 saturated carbocycles. The smallest absolute Gasteiger partial charge is 0.0287 e. The average Bonchev–Trinajstić information content (AvgIpc) is 3.31. The Morgan fingerprint density at radius 3 is 1.10 bits per heavy atom. The Bertz CT molecular complexity index is 1100. The van der Waals surface area contributed by atoms with Gasteiger partial charge < -0.3 is 0 Å². The molecule has 0 heterocycles. The Labute approximate surface area is 181 Å². The zero-order valence-corrected chi connectivity index (χ0v) is 19.1. The molecule has 1 heteroatoms. The first-order valence-electron chi connectivity index (χ1n) is 10.9. The molecule has 0 nitrogen and oxygen atoms in total. The molecule has 0 atom stereocenters. The Morgan fingerprint density at radius 2 is 0.800 bits per heavy atom. The summed E-state index contributed by atoms with van der Waals surface area (Å²) in [5.74, 6) is 1.16. The summed E-state index contributed by atoms with van der Waals surface area (Å²) in [6.07, 6.45) is 2.51. The lowest BCUT2D eigenvalue weighted by Crippen LogP contribution is -2.19. The third kappa shape index (κ3) is 2.45. The van der Waals surface area contributed by atoms with Gasteiger partial charge in [-0.1, -0.05) is 103 Å². The molecule has 0 fully saturated rings. The topological polar surface area (TPSA) is 0 Å². The summed E-state index contributed by atoms with van der Waals surface area (Å²) < 4.78 is 0. The van der Waals surface area contributed by atoms with Crippen LogP contribution in [0.1, 0.15) is 34.1 Å². The molecule has 6 rings (SSSR count). The summed E-state index contributed by atoms with van der Waals surface area (Å²) in [5.41, 5.74) is 13.9. The molecule has 4 aromatic carbocycles. The minimum atomic E-state index is 0.381. The van der Waals surface area contributed by atoms with Gasteiger partial charge in [0.1, 0.15) is 0 Å². The van der Waals surface area contributed by atoms with Crippen LogP contribution in [0.15, 0.2) is 109 Å². The molecule has 2 aliphatic carbocycles. The fourth-order valence-corrected chi connectivity index (χ4v) is 6.30. The molecule has 2 aliphatic rings. The predicted molar refractivity (Wildman–Crippen MR) is 130 cm³/mol. The second kappa shape index (κ2) is 6.96. The average molecular weight is 401 g/mol. The van der Waals surface area contributed by atoms with Crippen LogP contribution in [-0.2, 0) is 0 Å². The van der Waals surface area contributed by atoms with Crippen molar-refractivity contribution in [3.8, 4) is 22.3 Å². The van der Waals surface area contributed by atoms with Gasteiger partial charge in [-0.25, -0.2) is 0 Å². The predicted octanol–water partition coefficient (Wildman–Crippen LogP) is 6.11. The van der Waals surface area contributed by atoms with Crippen molar-refractivity contribution in [2.24, 2.45) is 5.92 Å². The molecule has 0 aromatic heterocycles. The SMILES string of the molecule is [SiH3]C=CC(C1c2ccccc2-c2ccccc21)C1c2ccccc2-c2ccccc21. The van der Waals surface area contributed by atoms with Crippen molar-refractivity contribution in [3.63, 3.8) is 0 Å². The third-order valence-electron chi connectivity index (χ3n) is 6.95. The summed E-state index contributed by atoms with van der Waals surface area (Å²) in [6, 6.07) is 36.1. The van der Waals surface area contributed by atoms with Gasteiger partial charge in [-0.15, -0.1) is 5.70 Å². The van der Waals surface area contributed by atoms with Crippen molar-refractivity contribution >= 4 is 10.2 Å². The van der Waals surface area contributed by atoms with E-state index >= 15 is 0 Å². The van der Waals surface area contributed by atoms with E-state index in [0.29, 0.717) is 17.8 Å². The molecule has 0 amide bonds. The first kappa shape index (κ1) is 17.7. The van der Waals surface area contributed by atoms with Gasteiger partial charge in [0.25, 0.3) is 0 Å². The minimum Gasteiger partial charge on any atom is -0.109 e. The molecule has 0 radical (unpaired) electrons. The Hall–Kier alpha value is -3.16. The molecule has 0 N–H and O–H groups in total. The van der Waals surface area contributed by atoms with Crippen molar-refractivity contribution in [1.82, 2.24) is 0 Å². The van der Waals surface area contributed by atoms with E-state index in [2.05, 4.69) is 109 Å². The lowest BCUT2D eigenvalue weighted by molar-refractivity contribution is 0.521. The zero-order valence-electron chi connectivity index (χ0n) is 17.1. The van der Waals surface area contributed by atoms with Gasteiger partial charge in [0.15, 0.2) is 0 Å². The number of hydrogen-bond donors (Lipinski definition) is 0. The highest BCUT2D eigenvalue weighted by atomic mass is 28.1. The van der Waals surface area contributed by atoms with Gasteiger partial charge >= 0.3 is 0 Å². The standard InChI is InChI=1S/C29H24Si/c30-18-17-27(28-23-13-5-1-9-19(23)20-10-2-6-14-24(20)28)29-25-15-7-3-11-21(25)22-12-4-8-16-26(22)29/h1-18,27-29H,30H3. The summed E-state index contributed by atoms with van der Waals surface area (Å²) >= 11 is 0. The van der Waals surface area contributed by atoms with Gasteiger partial charge in [0.2, 0.25) is 0 Å². The van der Waals surface area contributed by atoms with E-state index in [9.17, 15) is 0 Å². The lowest BCUT2D eigenvalue weighted by Gasteiger charge is -2.30. The largest absolute Gasteiger partial charge is 0.109 e. The van der Waals surface area contributed by atoms with Crippen molar-refractivity contribution < 1.29 is 0 Å². The number of hydrogen-bond acceptors (Lipinski definition) is 0. The van der Waals surface area contributed by atoms with Crippen LogP contribution >= 0.6 is 0 Å². The van der Waals surface area contributed by atoms with E-state index in [1.807, 2.05) is 0 Å². The van der Waals surface area contributed by atoms with E-state index in [1.165, 1.54) is 44.5 Å². The highest BCUT2D eigenvalue weighted by Crippen LogP contribution is 2.56. The molecular formula is C29H24Si. The molecule has 0 spiro atoms. The van der Waals surface area contributed by atoms with E-state index in [1.54, 1.807) is 0 Å². The van der Waals surface area contributed by atoms with E-state index in [-0.39, 0.29) is 0 Å². The highest BCUT2D eigenvalue weighted by Gasteiger charge is 2.41. The summed E-state index contributed by atoms with van der Waals surface area (Å²) in [5, 5.41) is 0. The second-order valence-corrected chi connectivity index (χ2v) is 9.07.